The van der Waals surface area contributed by atoms with E-state index in [0.29, 0.717) is 32.3 Å². The second-order valence-corrected chi connectivity index (χ2v) is 5.94. The lowest BCUT2D eigenvalue weighted by atomic mass is 10.1. The van der Waals surface area contributed by atoms with Crippen molar-refractivity contribution in [3.05, 3.63) is 29.3 Å². The molecule has 1 aromatic rings. The van der Waals surface area contributed by atoms with Crippen LogP contribution in [0.25, 0.3) is 0 Å². The van der Waals surface area contributed by atoms with E-state index in [2.05, 4.69) is 20.9 Å². The van der Waals surface area contributed by atoms with Gasteiger partial charge in [0.05, 0.1) is 13.2 Å². The number of hydrogen-bond acceptors (Lipinski definition) is 4. The summed E-state index contributed by atoms with van der Waals surface area (Å²) in [5.41, 5.74) is 2.18. The van der Waals surface area contributed by atoms with Crippen LogP contribution in [0.4, 0.5) is 0 Å². The van der Waals surface area contributed by atoms with E-state index >= 15 is 0 Å². The van der Waals surface area contributed by atoms with E-state index < -0.39 is 0 Å². The highest BCUT2D eigenvalue weighted by Crippen LogP contribution is 2.20. The number of rotatable bonds is 11. The van der Waals surface area contributed by atoms with Gasteiger partial charge < -0.3 is 25.4 Å². The molecular weight excluding hydrogens is 459 g/mol. The van der Waals surface area contributed by atoms with Gasteiger partial charge in [-0.3, -0.25) is 9.79 Å². The highest BCUT2D eigenvalue weighted by atomic mass is 127. The van der Waals surface area contributed by atoms with Gasteiger partial charge in [0.15, 0.2) is 5.96 Å². The average Bonchev–Trinajstić information content (AvgIpc) is 2.64. The molecule has 0 aromatic heterocycles. The van der Waals surface area contributed by atoms with Crippen LogP contribution < -0.4 is 20.7 Å². The van der Waals surface area contributed by atoms with Crippen molar-refractivity contribution in [2.45, 2.75) is 33.2 Å². The quantitative estimate of drug-likeness (QED) is 0.191. The van der Waals surface area contributed by atoms with Gasteiger partial charge in [0, 0.05) is 45.8 Å². The van der Waals surface area contributed by atoms with Crippen LogP contribution in [0.1, 0.15) is 30.9 Å². The fraction of sp³-hybridized carbons (Fsp3) is 0.579. The minimum absolute atomic E-state index is 0. The van der Waals surface area contributed by atoms with Crippen molar-refractivity contribution in [2.75, 3.05) is 40.5 Å². The Labute approximate surface area is 179 Å². The van der Waals surface area contributed by atoms with E-state index in [1.807, 2.05) is 32.0 Å². The van der Waals surface area contributed by atoms with Gasteiger partial charge in [0.25, 0.3) is 0 Å². The van der Waals surface area contributed by atoms with Crippen LogP contribution in [0.15, 0.2) is 23.2 Å². The van der Waals surface area contributed by atoms with Gasteiger partial charge >= 0.3 is 0 Å². The maximum atomic E-state index is 11.7. The highest BCUT2D eigenvalue weighted by Gasteiger charge is 2.07. The Hall–Kier alpha value is -1.55. The molecule has 0 saturated carbocycles. The molecule has 0 aliphatic heterocycles. The maximum absolute atomic E-state index is 11.7. The smallest absolute Gasteiger partial charge is 0.239 e. The first-order valence-corrected chi connectivity index (χ1v) is 9.03. The van der Waals surface area contributed by atoms with Crippen molar-refractivity contribution in [3.8, 4) is 5.75 Å². The minimum Gasteiger partial charge on any atom is -0.493 e. The highest BCUT2D eigenvalue weighted by molar-refractivity contribution is 14.0. The molecule has 1 amide bonds. The van der Waals surface area contributed by atoms with Gasteiger partial charge in [-0.15, -0.1) is 24.0 Å². The molecule has 0 aliphatic rings. The lowest BCUT2D eigenvalue weighted by molar-refractivity contribution is -0.120. The summed E-state index contributed by atoms with van der Waals surface area (Å²) in [7, 11) is 3.36. The summed E-state index contributed by atoms with van der Waals surface area (Å²) >= 11 is 0. The number of amides is 1. The lowest BCUT2D eigenvalue weighted by Gasteiger charge is -2.15. The van der Waals surface area contributed by atoms with E-state index in [0.717, 1.165) is 29.7 Å². The van der Waals surface area contributed by atoms with Crippen LogP contribution >= 0.6 is 24.0 Å². The number of nitrogens with one attached hydrogen (secondary N) is 3. The number of hydrogen-bond donors (Lipinski definition) is 3. The first-order valence-electron chi connectivity index (χ1n) is 9.03. The van der Waals surface area contributed by atoms with E-state index in [4.69, 9.17) is 9.47 Å². The van der Waals surface area contributed by atoms with Crippen LogP contribution in [0, 0.1) is 6.92 Å². The lowest BCUT2D eigenvalue weighted by Crippen LogP contribution is -2.43. The summed E-state index contributed by atoms with van der Waals surface area (Å²) in [6.07, 6.45) is 1.76. The fourth-order valence-corrected chi connectivity index (χ4v) is 2.22. The summed E-state index contributed by atoms with van der Waals surface area (Å²) in [4.78, 5) is 15.8. The number of nitrogens with zero attached hydrogens (tertiary/aromatic N) is 1. The molecule has 7 nitrogen and oxygen atoms in total. The van der Waals surface area contributed by atoms with Gasteiger partial charge in [-0.05, 0) is 25.0 Å². The third kappa shape index (κ3) is 11.0. The Morgan fingerprint density at radius 1 is 1.19 bits per heavy atom. The molecular formula is C19H33IN4O3. The van der Waals surface area contributed by atoms with Gasteiger partial charge in [0.2, 0.25) is 5.91 Å². The van der Waals surface area contributed by atoms with Crippen molar-refractivity contribution in [1.82, 2.24) is 16.0 Å². The Kier molecular flexibility index (Phi) is 14.6. The number of aryl methyl sites for hydroxylation is 1. The fourth-order valence-electron chi connectivity index (χ4n) is 2.22. The minimum atomic E-state index is -0.0488. The molecule has 3 N–H and O–H groups in total. The number of carbonyl (C=O) groups is 1. The molecule has 27 heavy (non-hydrogen) atoms. The Balaban J connectivity index is 0.00000676. The summed E-state index contributed by atoms with van der Waals surface area (Å²) < 4.78 is 10.9. The molecule has 0 unspecified atom stereocenters. The van der Waals surface area contributed by atoms with Crippen molar-refractivity contribution in [2.24, 2.45) is 4.99 Å². The largest absolute Gasteiger partial charge is 0.493 e. The monoisotopic (exact) mass is 492 g/mol. The van der Waals surface area contributed by atoms with Crippen molar-refractivity contribution >= 4 is 35.8 Å². The second kappa shape index (κ2) is 15.5. The molecule has 1 rings (SSSR count). The number of methoxy groups -OCH3 is 1. The molecule has 8 heteroatoms. The number of benzene rings is 1. The number of aliphatic imine (C=N–C) groups is 1. The summed E-state index contributed by atoms with van der Waals surface area (Å²) in [6, 6.07) is 6.11. The van der Waals surface area contributed by atoms with Crippen molar-refractivity contribution in [1.29, 1.82) is 0 Å². The first kappa shape index (κ1) is 25.4. The number of carbonyl (C=O) groups excluding carboxylic acids is 1. The standard InChI is InChI=1S/C19H32N4O3.HI/c1-5-9-21-18(24)14-23-19(20-3)22-13-16-8-7-15(2)12-17(16)26-11-6-10-25-4;/h7-8,12H,5-6,9-11,13-14H2,1-4H3,(H,21,24)(H2,20,22,23);1H. The van der Waals surface area contributed by atoms with E-state index in [1.165, 1.54) is 0 Å². The zero-order valence-electron chi connectivity index (χ0n) is 16.8. The molecule has 154 valence electrons. The normalized spacial score (nSPS) is 10.7. The average molecular weight is 492 g/mol. The maximum Gasteiger partial charge on any atom is 0.239 e. The second-order valence-electron chi connectivity index (χ2n) is 5.94. The van der Waals surface area contributed by atoms with Gasteiger partial charge in [-0.1, -0.05) is 19.1 Å². The van der Waals surface area contributed by atoms with E-state index in [1.54, 1.807) is 14.2 Å². The Bertz CT molecular complexity index is 582. The van der Waals surface area contributed by atoms with Crippen LogP contribution in [0.3, 0.4) is 0 Å². The van der Waals surface area contributed by atoms with E-state index in [-0.39, 0.29) is 36.4 Å². The molecule has 0 atom stereocenters. The molecule has 1 aromatic carbocycles. The van der Waals surface area contributed by atoms with Gasteiger partial charge in [-0.25, -0.2) is 0 Å². The first-order chi connectivity index (χ1) is 12.6. The van der Waals surface area contributed by atoms with Gasteiger partial charge in [-0.2, -0.15) is 0 Å². The van der Waals surface area contributed by atoms with Crippen LogP contribution in [-0.4, -0.2) is 52.3 Å². The summed E-state index contributed by atoms with van der Waals surface area (Å²) in [6.45, 7) is 6.76. The number of guanidine groups is 1. The molecule has 0 radical (unpaired) electrons. The number of halogens is 1. The predicted octanol–water partition coefficient (Wildman–Crippen LogP) is 2.22. The zero-order valence-corrected chi connectivity index (χ0v) is 19.1. The Morgan fingerprint density at radius 3 is 2.63 bits per heavy atom. The topological polar surface area (TPSA) is 84.0 Å². The zero-order chi connectivity index (χ0) is 19.2. The van der Waals surface area contributed by atoms with Crippen LogP contribution in [-0.2, 0) is 16.1 Å². The third-order valence-corrected chi connectivity index (χ3v) is 3.63. The molecule has 0 bridgehead atoms. The molecule has 0 fully saturated rings. The van der Waals surface area contributed by atoms with Crippen molar-refractivity contribution < 1.29 is 14.3 Å². The predicted molar refractivity (Wildman–Crippen MR) is 120 cm³/mol. The number of ether oxygens (including phenoxy) is 2. The van der Waals surface area contributed by atoms with Crippen molar-refractivity contribution in [3.63, 3.8) is 0 Å². The molecule has 0 aliphatic carbocycles. The van der Waals surface area contributed by atoms with E-state index in [9.17, 15) is 4.79 Å². The third-order valence-electron chi connectivity index (χ3n) is 3.63. The van der Waals surface area contributed by atoms with Gasteiger partial charge in [0.1, 0.15) is 5.75 Å². The summed E-state index contributed by atoms with van der Waals surface area (Å²) in [5, 5.41) is 9.04. The SMILES string of the molecule is CCCNC(=O)CNC(=NC)NCc1ccc(C)cc1OCCCOC.I. The van der Waals surface area contributed by atoms with Crippen LogP contribution in [0.2, 0.25) is 0 Å². The molecule has 0 heterocycles. The Morgan fingerprint density at radius 2 is 1.96 bits per heavy atom. The summed E-state index contributed by atoms with van der Waals surface area (Å²) in [5.74, 6) is 1.37. The molecule has 0 spiro atoms. The molecule has 0 saturated heterocycles. The van der Waals surface area contributed by atoms with Crippen LogP contribution in [0.5, 0.6) is 5.75 Å².